The van der Waals surface area contributed by atoms with E-state index in [2.05, 4.69) is 0 Å². The molecule has 1 atom stereocenters. The first-order valence-electron chi connectivity index (χ1n) is 9.95. The molecule has 0 aliphatic carbocycles. The zero-order valence-corrected chi connectivity index (χ0v) is 18.4. The van der Waals surface area contributed by atoms with Crippen molar-refractivity contribution in [3.63, 3.8) is 0 Å². The highest BCUT2D eigenvalue weighted by molar-refractivity contribution is 7.94. The number of hydrogen-bond donors (Lipinski definition) is 0. The summed E-state index contributed by atoms with van der Waals surface area (Å²) in [5, 5.41) is 0. The van der Waals surface area contributed by atoms with Crippen LogP contribution in [0.2, 0.25) is 0 Å². The minimum atomic E-state index is -3.67. The molecule has 2 aromatic rings. The van der Waals surface area contributed by atoms with Crippen molar-refractivity contribution in [2.75, 3.05) is 30.8 Å². The minimum Gasteiger partial charge on any atom is -0.493 e. The number of fused-ring (bicyclic) bond motifs is 1. The lowest BCUT2D eigenvalue weighted by atomic mass is 9.98. The van der Waals surface area contributed by atoms with Crippen molar-refractivity contribution in [2.45, 2.75) is 19.9 Å². The van der Waals surface area contributed by atoms with E-state index in [1.165, 1.54) is 12.1 Å². The van der Waals surface area contributed by atoms with E-state index in [9.17, 15) is 18.0 Å². The number of rotatable bonds is 4. The Hall–Kier alpha value is -3.07. The molecule has 0 N–H and O–H groups in total. The highest BCUT2D eigenvalue weighted by atomic mass is 32.2. The first-order valence-corrected chi connectivity index (χ1v) is 11.6. The Bertz CT molecular complexity index is 1140. The molecule has 0 saturated carbocycles. The number of ether oxygens (including phenoxy) is 2. The summed E-state index contributed by atoms with van der Waals surface area (Å²) in [6.07, 6.45) is 0.692. The lowest BCUT2D eigenvalue weighted by Gasteiger charge is -2.30. The number of carbonyl (C=O) groups is 2. The van der Waals surface area contributed by atoms with Crippen LogP contribution in [0, 0.1) is 5.92 Å². The molecule has 0 aromatic heterocycles. The molecule has 164 valence electrons. The predicted octanol–water partition coefficient (Wildman–Crippen LogP) is 2.21. The fraction of sp³-hybridized carbons (Fsp3) is 0.364. The Kier molecular flexibility index (Phi) is 5.38. The maximum atomic E-state index is 13.0. The maximum absolute atomic E-state index is 13.0. The van der Waals surface area contributed by atoms with E-state index in [-0.39, 0.29) is 17.3 Å². The van der Waals surface area contributed by atoms with Crippen molar-refractivity contribution in [3.8, 4) is 11.5 Å². The van der Waals surface area contributed by atoms with Gasteiger partial charge in [0, 0.05) is 18.7 Å². The number of sulfonamides is 1. The second kappa shape index (κ2) is 7.88. The van der Waals surface area contributed by atoms with Crippen LogP contribution < -0.4 is 13.8 Å². The van der Waals surface area contributed by atoms with E-state index in [0.29, 0.717) is 36.6 Å². The monoisotopic (exact) mass is 444 g/mol. The molecule has 9 heteroatoms. The van der Waals surface area contributed by atoms with Crippen LogP contribution in [0.3, 0.4) is 0 Å². The van der Waals surface area contributed by atoms with Crippen molar-refractivity contribution in [1.82, 2.24) is 4.90 Å². The van der Waals surface area contributed by atoms with Gasteiger partial charge in [0.15, 0.2) is 11.5 Å². The van der Waals surface area contributed by atoms with Crippen LogP contribution >= 0.6 is 0 Å². The summed E-state index contributed by atoms with van der Waals surface area (Å²) in [6.45, 7) is 2.59. The topological polar surface area (TPSA) is 93.2 Å². The van der Waals surface area contributed by atoms with Gasteiger partial charge in [0.05, 0.1) is 31.6 Å². The molecule has 2 aromatic carbocycles. The molecule has 2 aliphatic rings. The van der Waals surface area contributed by atoms with Gasteiger partial charge in [-0.1, -0.05) is 6.92 Å². The number of nitrogens with zero attached hydrogens (tertiary/aromatic N) is 2. The van der Waals surface area contributed by atoms with Gasteiger partial charge in [-0.05, 0) is 53.9 Å². The van der Waals surface area contributed by atoms with E-state index in [1.807, 2.05) is 12.1 Å². The summed E-state index contributed by atoms with van der Waals surface area (Å²) in [7, 11) is -0.507. The second-order valence-corrected chi connectivity index (χ2v) is 9.64. The average molecular weight is 445 g/mol. The Morgan fingerprint density at radius 2 is 1.65 bits per heavy atom. The van der Waals surface area contributed by atoms with Gasteiger partial charge in [-0.15, -0.1) is 0 Å². The molecule has 1 fully saturated rings. The quantitative estimate of drug-likeness (QED) is 0.718. The zero-order valence-electron chi connectivity index (χ0n) is 17.6. The molecule has 1 unspecified atom stereocenters. The third-order valence-corrected chi connectivity index (χ3v) is 7.58. The van der Waals surface area contributed by atoms with Crippen LogP contribution in [0.4, 0.5) is 5.69 Å². The Labute approximate surface area is 181 Å². The fourth-order valence-corrected chi connectivity index (χ4v) is 5.89. The molecule has 1 saturated heterocycles. The Morgan fingerprint density at radius 3 is 2.19 bits per heavy atom. The van der Waals surface area contributed by atoms with E-state index in [0.717, 1.165) is 15.4 Å². The SMILES string of the molecule is COc1cc2c(cc1OC)CN(C(=O)c1ccc(N3C(=O)C(C)CS3(=O)=O)cc1)CC2. The predicted molar refractivity (Wildman–Crippen MR) is 115 cm³/mol. The van der Waals surface area contributed by atoms with Crippen molar-refractivity contribution in [3.05, 3.63) is 53.1 Å². The van der Waals surface area contributed by atoms with E-state index < -0.39 is 21.8 Å². The number of benzene rings is 2. The van der Waals surface area contributed by atoms with Crippen molar-refractivity contribution >= 4 is 27.5 Å². The lowest BCUT2D eigenvalue weighted by Crippen LogP contribution is -2.36. The van der Waals surface area contributed by atoms with Gasteiger partial charge >= 0.3 is 0 Å². The first kappa shape index (κ1) is 21.2. The molecular weight excluding hydrogens is 420 g/mol. The highest BCUT2D eigenvalue weighted by Crippen LogP contribution is 2.34. The molecule has 2 amide bonds. The van der Waals surface area contributed by atoms with Crippen LogP contribution in [-0.2, 0) is 27.8 Å². The van der Waals surface area contributed by atoms with Crippen LogP contribution in [0.1, 0.15) is 28.4 Å². The molecule has 8 nitrogen and oxygen atoms in total. The largest absolute Gasteiger partial charge is 0.493 e. The third-order valence-electron chi connectivity index (χ3n) is 5.71. The molecular formula is C22H24N2O6S. The van der Waals surface area contributed by atoms with Gasteiger partial charge in [0.25, 0.3) is 5.91 Å². The normalized spacial score (nSPS) is 19.8. The highest BCUT2D eigenvalue weighted by Gasteiger charge is 2.42. The van der Waals surface area contributed by atoms with Gasteiger partial charge in [0.1, 0.15) is 0 Å². The average Bonchev–Trinajstić information content (AvgIpc) is 2.98. The van der Waals surface area contributed by atoms with Crippen LogP contribution in [0.15, 0.2) is 36.4 Å². The zero-order chi connectivity index (χ0) is 22.3. The van der Waals surface area contributed by atoms with Gasteiger partial charge in [-0.3, -0.25) is 9.59 Å². The number of amides is 2. The number of hydrogen-bond acceptors (Lipinski definition) is 6. The standard InChI is InChI=1S/C22H24N2O6S/c1-14-13-31(27,28)24(21(14)25)18-6-4-15(5-7-18)22(26)23-9-8-16-10-19(29-2)20(30-3)11-17(16)12-23/h4-7,10-11,14H,8-9,12-13H2,1-3H3. The minimum absolute atomic E-state index is 0.157. The fourth-order valence-electron chi connectivity index (χ4n) is 4.07. The molecule has 2 heterocycles. The molecule has 4 rings (SSSR count). The van der Waals surface area contributed by atoms with Crippen molar-refractivity contribution < 1.29 is 27.5 Å². The number of anilines is 1. The summed E-state index contributed by atoms with van der Waals surface area (Å²) in [5.41, 5.74) is 2.80. The smallest absolute Gasteiger partial charge is 0.254 e. The van der Waals surface area contributed by atoms with Gasteiger partial charge in [-0.25, -0.2) is 12.7 Å². The number of methoxy groups -OCH3 is 2. The number of carbonyl (C=O) groups excluding carboxylic acids is 2. The first-order chi connectivity index (χ1) is 14.7. The third kappa shape index (κ3) is 3.74. The van der Waals surface area contributed by atoms with E-state index in [1.54, 1.807) is 38.2 Å². The lowest BCUT2D eigenvalue weighted by molar-refractivity contribution is -0.119. The molecule has 0 radical (unpaired) electrons. The maximum Gasteiger partial charge on any atom is 0.254 e. The molecule has 0 bridgehead atoms. The van der Waals surface area contributed by atoms with Crippen LogP contribution in [0.5, 0.6) is 11.5 Å². The summed E-state index contributed by atoms with van der Waals surface area (Å²) in [6, 6.07) is 9.97. The summed E-state index contributed by atoms with van der Waals surface area (Å²) < 4.78 is 36.1. The molecule has 31 heavy (non-hydrogen) atoms. The summed E-state index contributed by atoms with van der Waals surface area (Å²) in [4.78, 5) is 27.0. The van der Waals surface area contributed by atoms with Gasteiger partial charge in [-0.2, -0.15) is 0 Å². The van der Waals surface area contributed by atoms with Gasteiger partial charge in [0.2, 0.25) is 15.9 Å². The summed E-state index contributed by atoms with van der Waals surface area (Å²) in [5.74, 6) is -0.0983. The van der Waals surface area contributed by atoms with Crippen LogP contribution in [-0.4, -0.2) is 51.6 Å². The second-order valence-electron chi connectivity index (χ2n) is 7.78. The van der Waals surface area contributed by atoms with Gasteiger partial charge < -0.3 is 14.4 Å². The molecule has 2 aliphatic heterocycles. The van der Waals surface area contributed by atoms with E-state index >= 15 is 0 Å². The van der Waals surface area contributed by atoms with Crippen molar-refractivity contribution in [2.24, 2.45) is 5.92 Å². The Balaban J connectivity index is 1.54. The van der Waals surface area contributed by atoms with E-state index in [4.69, 9.17) is 9.47 Å². The molecule has 0 spiro atoms. The Morgan fingerprint density at radius 1 is 1.03 bits per heavy atom. The summed E-state index contributed by atoms with van der Waals surface area (Å²) >= 11 is 0. The van der Waals surface area contributed by atoms with Crippen LogP contribution in [0.25, 0.3) is 0 Å². The van der Waals surface area contributed by atoms with Crippen molar-refractivity contribution in [1.29, 1.82) is 0 Å².